The molecule has 4 nitrogen and oxygen atoms in total. The van der Waals surface area contributed by atoms with Gasteiger partial charge >= 0.3 is 0 Å². The SMILES string of the molecule is CCNc1ccncc1C(=O)Nc1cc(Cl)c(C)cc1Br. The molecular formula is C15H15BrClN3O. The van der Waals surface area contributed by atoms with E-state index in [0.29, 0.717) is 16.3 Å². The zero-order valence-corrected chi connectivity index (χ0v) is 14.0. The highest BCUT2D eigenvalue weighted by Gasteiger charge is 2.13. The van der Waals surface area contributed by atoms with Gasteiger partial charge in [-0.3, -0.25) is 9.78 Å². The van der Waals surface area contributed by atoms with Gasteiger partial charge in [-0.05, 0) is 53.5 Å². The Balaban J connectivity index is 2.28. The monoisotopic (exact) mass is 367 g/mol. The summed E-state index contributed by atoms with van der Waals surface area (Å²) >= 11 is 9.53. The molecular weight excluding hydrogens is 354 g/mol. The van der Waals surface area contributed by atoms with Gasteiger partial charge in [0.25, 0.3) is 5.91 Å². The van der Waals surface area contributed by atoms with Crippen molar-refractivity contribution in [1.29, 1.82) is 0 Å². The molecule has 0 atom stereocenters. The second-order valence-corrected chi connectivity index (χ2v) is 5.75. The van der Waals surface area contributed by atoms with Crippen molar-refractivity contribution in [3.63, 3.8) is 0 Å². The number of amides is 1. The third kappa shape index (κ3) is 3.74. The number of aromatic nitrogens is 1. The number of pyridine rings is 1. The molecule has 110 valence electrons. The number of hydrogen-bond acceptors (Lipinski definition) is 3. The van der Waals surface area contributed by atoms with Gasteiger partial charge < -0.3 is 10.6 Å². The lowest BCUT2D eigenvalue weighted by Crippen LogP contribution is -2.15. The molecule has 2 rings (SSSR count). The highest BCUT2D eigenvalue weighted by molar-refractivity contribution is 9.10. The lowest BCUT2D eigenvalue weighted by atomic mass is 10.2. The first kappa shape index (κ1) is 15.8. The summed E-state index contributed by atoms with van der Waals surface area (Å²) in [6.45, 7) is 4.60. The second kappa shape index (κ2) is 6.91. The minimum Gasteiger partial charge on any atom is -0.385 e. The van der Waals surface area contributed by atoms with Crippen molar-refractivity contribution in [2.24, 2.45) is 0 Å². The largest absolute Gasteiger partial charge is 0.385 e. The van der Waals surface area contributed by atoms with Crippen molar-refractivity contribution >= 4 is 44.8 Å². The van der Waals surface area contributed by atoms with Gasteiger partial charge in [-0.15, -0.1) is 0 Å². The Hall–Kier alpha value is -1.59. The molecule has 1 amide bonds. The van der Waals surface area contributed by atoms with E-state index >= 15 is 0 Å². The van der Waals surface area contributed by atoms with E-state index in [9.17, 15) is 4.79 Å². The molecule has 2 aromatic rings. The third-order valence-electron chi connectivity index (χ3n) is 2.93. The molecule has 0 bridgehead atoms. The first-order chi connectivity index (χ1) is 10.0. The Kier molecular flexibility index (Phi) is 5.20. The number of nitrogens with zero attached hydrogens (tertiary/aromatic N) is 1. The Labute approximate surface area is 137 Å². The molecule has 1 aromatic heterocycles. The van der Waals surface area contributed by atoms with Crippen LogP contribution in [0.25, 0.3) is 0 Å². The summed E-state index contributed by atoms with van der Waals surface area (Å²) in [6, 6.07) is 5.37. The Bertz CT molecular complexity index is 676. The zero-order valence-electron chi connectivity index (χ0n) is 11.7. The van der Waals surface area contributed by atoms with Crippen molar-refractivity contribution in [2.45, 2.75) is 13.8 Å². The van der Waals surface area contributed by atoms with Crippen LogP contribution in [-0.4, -0.2) is 17.4 Å². The average molecular weight is 369 g/mol. The van der Waals surface area contributed by atoms with Gasteiger partial charge in [0.15, 0.2) is 0 Å². The van der Waals surface area contributed by atoms with E-state index < -0.39 is 0 Å². The minimum atomic E-state index is -0.236. The summed E-state index contributed by atoms with van der Waals surface area (Å²) in [5.74, 6) is -0.236. The van der Waals surface area contributed by atoms with Crippen molar-refractivity contribution in [3.8, 4) is 0 Å². The molecule has 0 spiro atoms. The van der Waals surface area contributed by atoms with Crippen molar-refractivity contribution in [2.75, 3.05) is 17.2 Å². The lowest BCUT2D eigenvalue weighted by molar-refractivity contribution is 0.102. The number of anilines is 2. The molecule has 0 fully saturated rings. The fourth-order valence-corrected chi connectivity index (χ4v) is 2.57. The summed E-state index contributed by atoms with van der Waals surface area (Å²) < 4.78 is 0.784. The normalized spacial score (nSPS) is 10.3. The van der Waals surface area contributed by atoms with Crippen molar-refractivity contribution in [3.05, 3.63) is 51.2 Å². The van der Waals surface area contributed by atoms with Crippen LogP contribution in [0.3, 0.4) is 0 Å². The molecule has 0 unspecified atom stereocenters. The molecule has 0 radical (unpaired) electrons. The van der Waals surface area contributed by atoms with E-state index in [0.717, 1.165) is 22.3 Å². The summed E-state index contributed by atoms with van der Waals surface area (Å²) in [5, 5.41) is 6.59. The second-order valence-electron chi connectivity index (χ2n) is 4.49. The molecule has 0 aliphatic carbocycles. The summed E-state index contributed by atoms with van der Waals surface area (Å²) in [5.41, 5.74) is 2.81. The number of hydrogen-bond donors (Lipinski definition) is 2. The summed E-state index contributed by atoms with van der Waals surface area (Å²) in [4.78, 5) is 16.4. The standard InChI is InChI=1S/C15H15BrClN3O/c1-3-19-13-4-5-18-8-10(13)15(21)20-14-7-12(17)9(2)6-11(14)16/h4-8H,3H2,1-2H3,(H,18,19)(H,20,21). The van der Waals surface area contributed by atoms with Gasteiger partial charge in [0, 0.05) is 28.4 Å². The van der Waals surface area contributed by atoms with Crippen molar-refractivity contribution in [1.82, 2.24) is 4.98 Å². The number of nitrogens with one attached hydrogen (secondary N) is 2. The molecule has 1 heterocycles. The highest BCUT2D eigenvalue weighted by atomic mass is 79.9. The molecule has 21 heavy (non-hydrogen) atoms. The van der Waals surface area contributed by atoms with Gasteiger partial charge in [-0.25, -0.2) is 0 Å². The molecule has 6 heteroatoms. The zero-order chi connectivity index (χ0) is 15.4. The smallest absolute Gasteiger partial charge is 0.259 e. The number of benzene rings is 1. The van der Waals surface area contributed by atoms with E-state index in [1.807, 2.05) is 19.9 Å². The van der Waals surface area contributed by atoms with Gasteiger partial charge in [0.2, 0.25) is 0 Å². The van der Waals surface area contributed by atoms with Crippen LogP contribution >= 0.6 is 27.5 Å². The first-order valence-corrected chi connectivity index (χ1v) is 7.65. The highest BCUT2D eigenvalue weighted by Crippen LogP contribution is 2.29. The fraction of sp³-hybridized carbons (Fsp3) is 0.200. The number of carbonyl (C=O) groups excluding carboxylic acids is 1. The predicted octanol–water partition coefficient (Wildman–Crippen LogP) is 4.49. The van der Waals surface area contributed by atoms with E-state index in [1.165, 1.54) is 6.20 Å². The first-order valence-electron chi connectivity index (χ1n) is 6.47. The van der Waals surface area contributed by atoms with Crippen LogP contribution in [0.1, 0.15) is 22.8 Å². The van der Waals surface area contributed by atoms with Gasteiger partial charge in [-0.2, -0.15) is 0 Å². The van der Waals surface area contributed by atoms with Crippen LogP contribution in [-0.2, 0) is 0 Å². The Morgan fingerprint density at radius 3 is 2.86 bits per heavy atom. The van der Waals surface area contributed by atoms with Crippen molar-refractivity contribution < 1.29 is 4.79 Å². The van der Waals surface area contributed by atoms with Crippen LogP contribution in [0.15, 0.2) is 35.1 Å². The molecule has 0 aliphatic heterocycles. The van der Waals surface area contributed by atoms with Crippen LogP contribution in [0.4, 0.5) is 11.4 Å². The number of aryl methyl sites for hydroxylation is 1. The van der Waals surface area contributed by atoms with Gasteiger partial charge in [0.1, 0.15) is 0 Å². The number of rotatable bonds is 4. The minimum absolute atomic E-state index is 0.236. The van der Waals surface area contributed by atoms with E-state index in [2.05, 4.69) is 31.5 Å². The number of carbonyl (C=O) groups is 1. The predicted molar refractivity (Wildman–Crippen MR) is 90.2 cm³/mol. The maximum Gasteiger partial charge on any atom is 0.259 e. The topological polar surface area (TPSA) is 54.0 Å². The summed E-state index contributed by atoms with van der Waals surface area (Å²) in [7, 11) is 0. The Morgan fingerprint density at radius 2 is 2.14 bits per heavy atom. The van der Waals surface area contributed by atoms with Crippen LogP contribution in [0.2, 0.25) is 5.02 Å². The lowest BCUT2D eigenvalue weighted by Gasteiger charge is -2.12. The molecule has 0 saturated carbocycles. The molecule has 2 N–H and O–H groups in total. The Morgan fingerprint density at radius 1 is 1.38 bits per heavy atom. The average Bonchev–Trinajstić information content (AvgIpc) is 2.45. The van der Waals surface area contributed by atoms with Gasteiger partial charge in [0.05, 0.1) is 16.9 Å². The van der Waals surface area contributed by atoms with Crippen LogP contribution < -0.4 is 10.6 Å². The maximum atomic E-state index is 12.4. The van der Waals surface area contributed by atoms with Crippen LogP contribution in [0.5, 0.6) is 0 Å². The third-order valence-corrected chi connectivity index (χ3v) is 3.99. The quantitative estimate of drug-likeness (QED) is 0.836. The fourth-order valence-electron chi connectivity index (χ4n) is 1.85. The number of halogens is 2. The van der Waals surface area contributed by atoms with Gasteiger partial charge in [-0.1, -0.05) is 11.6 Å². The van der Waals surface area contributed by atoms with E-state index in [1.54, 1.807) is 18.3 Å². The maximum absolute atomic E-state index is 12.4. The van der Waals surface area contributed by atoms with Crippen LogP contribution in [0, 0.1) is 6.92 Å². The van der Waals surface area contributed by atoms with E-state index in [4.69, 9.17) is 11.6 Å². The van der Waals surface area contributed by atoms with E-state index in [-0.39, 0.29) is 5.91 Å². The molecule has 1 aromatic carbocycles. The summed E-state index contributed by atoms with van der Waals surface area (Å²) in [6.07, 6.45) is 3.18. The molecule has 0 aliphatic rings. The molecule has 0 saturated heterocycles.